The Morgan fingerprint density at radius 2 is 1.48 bits per heavy atom. The van der Waals surface area contributed by atoms with E-state index in [0.29, 0.717) is 21.3 Å². The highest BCUT2D eigenvalue weighted by Gasteiger charge is 2.34. The molecule has 10 heteroatoms. The van der Waals surface area contributed by atoms with Gasteiger partial charge in [-0.3, -0.25) is 13.9 Å². The summed E-state index contributed by atoms with van der Waals surface area (Å²) in [6.45, 7) is 6.78. The van der Waals surface area contributed by atoms with Gasteiger partial charge in [0.25, 0.3) is 0 Å². The zero-order valence-corrected chi connectivity index (χ0v) is 25.6. The van der Waals surface area contributed by atoms with Crippen LogP contribution < -0.4 is 9.62 Å². The smallest absolute Gasteiger partial charge is 0.244 e. The number of benzene rings is 3. The van der Waals surface area contributed by atoms with Crippen LogP contribution in [0.5, 0.6) is 0 Å². The summed E-state index contributed by atoms with van der Waals surface area (Å²) < 4.78 is 27.0. The minimum Gasteiger partial charge on any atom is -0.352 e. The van der Waals surface area contributed by atoms with Gasteiger partial charge in [-0.25, -0.2) is 8.42 Å². The van der Waals surface area contributed by atoms with Crippen molar-refractivity contribution in [1.82, 2.24) is 10.2 Å². The number of amides is 2. The molecule has 0 saturated heterocycles. The summed E-state index contributed by atoms with van der Waals surface area (Å²) in [5.41, 5.74) is 3.38. The summed E-state index contributed by atoms with van der Waals surface area (Å²) >= 11 is 13.0. The predicted octanol–water partition coefficient (Wildman–Crippen LogP) is 5.54. The van der Waals surface area contributed by atoms with Gasteiger partial charge < -0.3 is 10.2 Å². The molecular formula is C30H35Cl2N3O4S. The molecule has 2 amide bonds. The molecule has 7 nitrogen and oxygen atoms in total. The summed E-state index contributed by atoms with van der Waals surface area (Å²) in [6.07, 6.45) is 1.26. The Morgan fingerprint density at radius 3 is 2.00 bits per heavy atom. The van der Waals surface area contributed by atoms with Crippen molar-refractivity contribution in [3.05, 3.63) is 99.0 Å². The number of hydrogen-bond acceptors (Lipinski definition) is 4. The topological polar surface area (TPSA) is 86.8 Å². The number of halogens is 2. The van der Waals surface area contributed by atoms with Crippen LogP contribution in [-0.2, 0) is 32.6 Å². The van der Waals surface area contributed by atoms with E-state index in [0.717, 1.165) is 27.3 Å². The molecule has 214 valence electrons. The predicted molar refractivity (Wildman–Crippen MR) is 162 cm³/mol. The Kier molecular flexibility index (Phi) is 10.6. The molecular weight excluding hydrogens is 569 g/mol. The van der Waals surface area contributed by atoms with Crippen LogP contribution >= 0.6 is 23.2 Å². The van der Waals surface area contributed by atoms with Crippen LogP contribution in [0.3, 0.4) is 0 Å². The summed E-state index contributed by atoms with van der Waals surface area (Å²) in [6, 6.07) is 18.5. The molecule has 0 fully saturated rings. The highest BCUT2D eigenvalue weighted by molar-refractivity contribution is 7.92. The first kappa shape index (κ1) is 31.5. The Hall–Kier alpha value is -3.07. The van der Waals surface area contributed by atoms with Crippen LogP contribution in [0.1, 0.15) is 36.1 Å². The Bertz CT molecular complexity index is 1420. The summed E-state index contributed by atoms with van der Waals surface area (Å²) in [5.74, 6) is -0.937. The lowest BCUT2D eigenvalue weighted by molar-refractivity contribution is -0.140. The van der Waals surface area contributed by atoms with E-state index in [-0.39, 0.29) is 24.9 Å². The molecule has 1 unspecified atom stereocenters. The molecule has 1 N–H and O–H groups in total. The van der Waals surface area contributed by atoms with E-state index in [1.165, 1.54) is 4.90 Å². The second kappa shape index (κ2) is 13.5. The first-order valence-electron chi connectivity index (χ1n) is 12.9. The van der Waals surface area contributed by atoms with Crippen molar-refractivity contribution in [2.45, 2.75) is 52.7 Å². The quantitative estimate of drug-likeness (QED) is 0.312. The van der Waals surface area contributed by atoms with Gasteiger partial charge in [-0.05, 0) is 68.7 Å². The number of carbonyl (C=O) groups is 2. The van der Waals surface area contributed by atoms with Crippen LogP contribution in [0.2, 0.25) is 10.0 Å². The van der Waals surface area contributed by atoms with Gasteiger partial charge in [0.05, 0.1) is 11.9 Å². The maximum atomic E-state index is 14.1. The first-order chi connectivity index (χ1) is 18.8. The highest BCUT2D eigenvalue weighted by atomic mass is 35.5. The van der Waals surface area contributed by atoms with Crippen molar-refractivity contribution in [1.29, 1.82) is 0 Å². The molecule has 0 radical (unpaired) electrons. The van der Waals surface area contributed by atoms with Crippen molar-refractivity contribution in [2.75, 3.05) is 17.1 Å². The minimum atomic E-state index is -3.86. The van der Waals surface area contributed by atoms with E-state index in [2.05, 4.69) is 5.32 Å². The molecule has 0 aliphatic heterocycles. The average Bonchev–Trinajstić information content (AvgIpc) is 2.85. The monoisotopic (exact) mass is 603 g/mol. The molecule has 3 aromatic carbocycles. The highest BCUT2D eigenvalue weighted by Crippen LogP contribution is 2.28. The number of rotatable bonds is 11. The number of nitrogens with one attached hydrogen (secondary N) is 1. The van der Waals surface area contributed by atoms with Gasteiger partial charge in [0.1, 0.15) is 12.6 Å². The lowest BCUT2D eigenvalue weighted by Crippen LogP contribution is -2.54. The molecule has 0 bridgehead atoms. The fourth-order valence-corrected chi connectivity index (χ4v) is 5.85. The second-order valence-corrected chi connectivity index (χ2v) is 12.9. The lowest BCUT2D eigenvalue weighted by atomic mass is 10.0. The number of anilines is 1. The van der Waals surface area contributed by atoms with Gasteiger partial charge in [-0.1, -0.05) is 65.7 Å². The zero-order chi connectivity index (χ0) is 29.6. The van der Waals surface area contributed by atoms with Crippen LogP contribution in [0.15, 0.2) is 66.7 Å². The second-order valence-electron chi connectivity index (χ2n) is 10.2. The fourth-order valence-electron chi connectivity index (χ4n) is 4.50. The van der Waals surface area contributed by atoms with E-state index in [9.17, 15) is 18.0 Å². The van der Waals surface area contributed by atoms with Gasteiger partial charge in [0.2, 0.25) is 21.8 Å². The number of carbonyl (C=O) groups excluding carboxylic acids is 2. The zero-order valence-electron chi connectivity index (χ0n) is 23.3. The molecule has 3 aromatic rings. The molecule has 0 spiro atoms. The lowest BCUT2D eigenvalue weighted by Gasteiger charge is -2.34. The van der Waals surface area contributed by atoms with Crippen molar-refractivity contribution in [2.24, 2.45) is 0 Å². The SMILES string of the molecule is Cc1cc(C)cc(N(CC(=O)N(Cc2c(Cl)cccc2Cl)C(Cc2ccccc2)C(=O)NC(C)C)S(C)(=O)=O)c1. The molecule has 0 saturated carbocycles. The molecule has 0 aliphatic carbocycles. The Labute approximate surface area is 247 Å². The van der Waals surface area contributed by atoms with Crippen molar-refractivity contribution in [3.63, 3.8) is 0 Å². The summed E-state index contributed by atoms with van der Waals surface area (Å²) in [5, 5.41) is 3.58. The molecule has 0 heterocycles. The first-order valence-corrected chi connectivity index (χ1v) is 15.5. The Morgan fingerprint density at radius 1 is 0.900 bits per heavy atom. The molecule has 3 rings (SSSR count). The number of nitrogens with zero attached hydrogens (tertiary/aromatic N) is 2. The third-order valence-corrected chi connectivity index (χ3v) is 8.11. The maximum Gasteiger partial charge on any atom is 0.244 e. The minimum absolute atomic E-state index is 0.0925. The normalized spacial score (nSPS) is 12.2. The van der Waals surface area contributed by atoms with E-state index in [4.69, 9.17) is 23.2 Å². The van der Waals surface area contributed by atoms with Gasteiger partial charge in [-0.2, -0.15) is 0 Å². The maximum absolute atomic E-state index is 14.1. The third kappa shape index (κ3) is 8.46. The van der Waals surface area contributed by atoms with E-state index in [1.807, 2.05) is 64.1 Å². The van der Waals surface area contributed by atoms with Crippen LogP contribution in [0.4, 0.5) is 5.69 Å². The van der Waals surface area contributed by atoms with Gasteiger partial charge in [0.15, 0.2) is 0 Å². The van der Waals surface area contributed by atoms with E-state index >= 15 is 0 Å². The standard InChI is InChI=1S/C30H35Cl2N3O4S/c1-20(2)33-30(37)28(17-23-10-7-6-8-11-23)34(18-25-26(31)12-9-13-27(25)32)29(36)19-35(40(5,38)39)24-15-21(3)14-22(4)16-24/h6-16,20,28H,17-19H2,1-5H3,(H,33,37). The van der Waals surface area contributed by atoms with Crippen molar-refractivity contribution >= 4 is 50.7 Å². The third-order valence-electron chi connectivity index (χ3n) is 6.27. The largest absolute Gasteiger partial charge is 0.352 e. The fraction of sp³-hybridized carbons (Fsp3) is 0.333. The molecule has 1 atom stereocenters. The van der Waals surface area contributed by atoms with Crippen LogP contribution in [0.25, 0.3) is 0 Å². The Balaban J connectivity index is 2.12. The number of sulfonamides is 1. The van der Waals surface area contributed by atoms with Gasteiger partial charge in [-0.15, -0.1) is 0 Å². The van der Waals surface area contributed by atoms with E-state index in [1.54, 1.807) is 30.3 Å². The average molecular weight is 605 g/mol. The molecule has 0 aliphatic rings. The summed E-state index contributed by atoms with van der Waals surface area (Å²) in [7, 11) is -3.86. The van der Waals surface area contributed by atoms with Crippen molar-refractivity contribution in [3.8, 4) is 0 Å². The van der Waals surface area contributed by atoms with Gasteiger partial charge >= 0.3 is 0 Å². The van der Waals surface area contributed by atoms with Crippen LogP contribution in [-0.4, -0.2) is 50.0 Å². The van der Waals surface area contributed by atoms with Crippen molar-refractivity contribution < 1.29 is 18.0 Å². The van der Waals surface area contributed by atoms with Crippen LogP contribution in [0, 0.1) is 13.8 Å². The van der Waals surface area contributed by atoms with Gasteiger partial charge in [0, 0.05) is 34.6 Å². The summed E-state index contributed by atoms with van der Waals surface area (Å²) in [4.78, 5) is 29.1. The molecule has 0 aromatic heterocycles. The molecule has 40 heavy (non-hydrogen) atoms. The number of aryl methyl sites for hydroxylation is 2. The number of hydrogen-bond donors (Lipinski definition) is 1. The van der Waals surface area contributed by atoms with E-state index < -0.39 is 28.5 Å².